The maximum absolute atomic E-state index is 13.5. The van der Waals surface area contributed by atoms with E-state index in [9.17, 15) is 13.2 Å². The zero-order valence-electron chi connectivity index (χ0n) is 21.4. The second-order valence-electron chi connectivity index (χ2n) is 8.91. The van der Waals surface area contributed by atoms with Crippen LogP contribution in [0.2, 0.25) is 0 Å². The normalized spacial score (nSPS) is 15.1. The summed E-state index contributed by atoms with van der Waals surface area (Å²) in [6.45, 7) is 0.780. The molecule has 2 heterocycles. The van der Waals surface area contributed by atoms with Crippen LogP contribution in [-0.2, 0) is 14.8 Å². The molecule has 0 unspecified atom stereocenters. The van der Waals surface area contributed by atoms with Gasteiger partial charge in [0.05, 0.1) is 36.2 Å². The average Bonchev–Trinajstić information content (AvgIpc) is 3.48. The highest BCUT2D eigenvalue weighted by atomic mass is 32.2. The Labute approximate surface area is 226 Å². The number of benzene rings is 3. The van der Waals surface area contributed by atoms with Crippen molar-refractivity contribution in [3.05, 3.63) is 66.7 Å². The van der Waals surface area contributed by atoms with Gasteiger partial charge in [-0.1, -0.05) is 18.2 Å². The number of rotatable bonds is 9. The van der Waals surface area contributed by atoms with Crippen molar-refractivity contribution >= 4 is 50.0 Å². The molecule has 1 aliphatic rings. The van der Waals surface area contributed by atoms with E-state index in [2.05, 4.69) is 30.6 Å². The number of hydrogen-bond acceptors (Lipinski definition) is 9. The van der Waals surface area contributed by atoms with Gasteiger partial charge in [-0.3, -0.25) is 9.52 Å². The van der Waals surface area contributed by atoms with Gasteiger partial charge in [-0.25, -0.2) is 18.4 Å². The maximum Gasteiger partial charge on any atom is 0.263 e. The molecule has 39 heavy (non-hydrogen) atoms. The van der Waals surface area contributed by atoms with Gasteiger partial charge in [0, 0.05) is 29.6 Å². The second-order valence-corrected chi connectivity index (χ2v) is 10.6. The Morgan fingerprint density at radius 1 is 0.897 bits per heavy atom. The Kier molecular flexibility index (Phi) is 7.48. The van der Waals surface area contributed by atoms with Crippen LogP contribution in [0.5, 0.6) is 11.5 Å². The molecule has 12 heteroatoms. The van der Waals surface area contributed by atoms with Crippen molar-refractivity contribution in [3.63, 3.8) is 0 Å². The monoisotopic (exact) mass is 548 g/mol. The van der Waals surface area contributed by atoms with Crippen LogP contribution in [0.4, 0.5) is 23.0 Å². The number of carbonyl (C=O) groups is 1. The third kappa shape index (κ3) is 6.02. The summed E-state index contributed by atoms with van der Waals surface area (Å²) >= 11 is 0. The van der Waals surface area contributed by atoms with Crippen molar-refractivity contribution in [1.82, 2.24) is 15.3 Å². The number of aromatic nitrogens is 2. The Morgan fingerprint density at radius 2 is 1.59 bits per heavy atom. The Balaban J connectivity index is 1.47. The average molecular weight is 549 g/mol. The Morgan fingerprint density at radius 3 is 2.23 bits per heavy atom. The van der Waals surface area contributed by atoms with Crippen LogP contribution in [0.25, 0.3) is 11.0 Å². The minimum atomic E-state index is -4.11. The van der Waals surface area contributed by atoms with Gasteiger partial charge >= 0.3 is 0 Å². The van der Waals surface area contributed by atoms with E-state index in [0.717, 1.165) is 19.4 Å². The van der Waals surface area contributed by atoms with Gasteiger partial charge in [0.15, 0.2) is 11.6 Å². The first kappa shape index (κ1) is 26.2. The Bertz CT molecular complexity index is 1600. The molecular weight excluding hydrogens is 520 g/mol. The van der Waals surface area contributed by atoms with Crippen molar-refractivity contribution in [2.75, 3.05) is 36.1 Å². The van der Waals surface area contributed by atoms with Crippen molar-refractivity contribution in [2.45, 2.75) is 23.8 Å². The number of anilines is 4. The summed E-state index contributed by atoms with van der Waals surface area (Å²) in [5.41, 5.74) is 2.02. The highest BCUT2D eigenvalue weighted by molar-refractivity contribution is 7.92. The van der Waals surface area contributed by atoms with Crippen LogP contribution in [0.15, 0.2) is 71.6 Å². The number of amides is 1. The third-order valence-corrected chi connectivity index (χ3v) is 7.54. The van der Waals surface area contributed by atoms with Crippen molar-refractivity contribution in [3.8, 4) is 11.5 Å². The first-order valence-electron chi connectivity index (χ1n) is 12.3. The van der Waals surface area contributed by atoms with E-state index in [1.807, 2.05) is 6.07 Å². The second kappa shape index (κ2) is 11.1. The summed E-state index contributed by atoms with van der Waals surface area (Å²) in [7, 11) is -1.04. The highest BCUT2D eigenvalue weighted by Crippen LogP contribution is 2.31. The van der Waals surface area contributed by atoms with Gasteiger partial charge < -0.3 is 25.4 Å². The number of carbonyl (C=O) groups excluding carboxylic acids is 1. The number of sulfonamides is 1. The third-order valence-electron chi connectivity index (χ3n) is 6.20. The number of nitrogens with zero attached hydrogens (tertiary/aromatic N) is 2. The van der Waals surface area contributed by atoms with Gasteiger partial charge in [0.25, 0.3) is 10.0 Å². The van der Waals surface area contributed by atoms with Crippen LogP contribution in [0.1, 0.15) is 12.8 Å². The van der Waals surface area contributed by atoms with Gasteiger partial charge in [0.2, 0.25) is 5.91 Å². The lowest BCUT2D eigenvalue weighted by molar-refractivity contribution is -0.117. The van der Waals surface area contributed by atoms with Crippen LogP contribution in [0, 0.1) is 0 Å². The molecule has 0 saturated carbocycles. The lowest BCUT2D eigenvalue weighted by Gasteiger charge is -2.16. The van der Waals surface area contributed by atoms with E-state index >= 15 is 0 Å². The summed E-state index contributed by atoms with van der Waals surface area (Å²) in [4.78, 5) is 21.6. The summed E-state index contributed by atoms with van der Waals surface area (Å²) < 4.78 is 40.2. The van der Waals surface area contributed by atoms with Crippen LogP contribution in [0.3, 0.4) is 0 Å². The number of hydrogen-bond donors (Lipinski definition) is 4. The largest absolute Gasteiger partial charge is 0.497 e. The summed E-state index contributed by atoms with van der Waals surface area (Å²) in [6.07, 6.45) is 1.66. The molecule has 0 bridgehead atoms. The molecule has 5 rings (SSSR count). The van der Waals surface area contributed by atoms with Crippen LogP contribution in [-0.4, -0.2) is 51.1 Å². The number of nitrogens with one attached hydrogen (secondary N) is 4. The number of para-hydroxylation sites is 2. The number of methoxy groups -OCH3 is 2. The zero-order valence-corrected chi connectivity index (χ0v) is 22.2. The molecule has 1 amide bonds. The fourth-order valence-electron chi connectivity index (χ4n) is 4.24. The van der Waals surface area contributed by atoms with Crippen molar-refractivity contribution in [2.24, 2.45) is 0 Å². The van der Waals surface area contributed by atoms with Gasteiger partial charge in [-0.15, -0.1) is 0 Å². The highest BCUT2D eigenvalue weighted by Gasteiger charge is 2.23. The molecule has 0 radical (unpaired) electrons. The molecular formula is C27H28N6O5S. The summed E-state index contributed by atoms with van der Waals surface area (Å²) in [5.74, 6) is 1.07. The van der Waals surface area contributed by atoms with Crippen molar-refractivity contribution < 1.29 is 22.7 Å². The molecule has 11 nitrogen and oxygen atoms in total. The molecule has 202 valence electrons. The quantitative estimate of drug-likeness (QED) is 0.245. The SMILES string of the molecule is COc1cc(Nc2nc3ccccc3nc2NS(=O)(=O)c2cccc(NC(=O)[C@@H]3CCCN3)c2)cc(OC)c1. The van der Waals surface area contributed by atoms with Gasteiger partial charge in [-0.2, -0.15) is 0 Å². The molecule has 1 aliphatic heterocycles. The molecule has 1 atom stereocenters. The first-order valence-corrected chi connectivity index (χ1v) is 13.8. The van der Waals surface area contributed by atoms with Gasteiger partial charge in [-0.05, 0) is 49.7 Å². The predicted octanol–water partition coefficient (Wildman–Crippen LogP) is 3.88. The summed E-state index contributed by atoms with van der Waals surface area (Å²) in [6, 6.07) is 18.1. The lowest BCUT2D eigenvalue weighted by Crippen LogP contribution is -2.35. The molecule has 4 aromatic rings. The number of ether oxygens (including phenoxy) is 2. The topological polar surface area (TPSA) is 144 Å². The van der Waals surface area contributed by atoms with Crippen LogP contribution < -0.4 is 30.1 Å². The molecule has 1 fully saturated rings. The molecule has 0 aliphatic carbocycles. The summed E-state index contributed by atoms with van der Waals surface area (Å²) in [5, 5.41) is 9.05. The van der Waals surface area contributed by atoms with E-state index in [-0.39, 0.29) is 28.5 Å². The van der Waals surface area contributed by atoms with E-state index in [0.29, 0.717) is 33.9 Å². The number of fused-ring (bicyclic) bond motifs is 1. The standard InChI is InChI=1S/C27H28N6O5S/c1-37-19-13-18(14-20(16-19)38-2)29-25-26(32-23-10-4-3-9-22(23)31-25)33-39(35,36)21-8-5-7-17(15-21)30-27(34)24-11-6-12-28-24/h3-5,7-10,13-16,24,28H,6,11-12H2,1-2H3,(H,29,31)(H,30,34)(H,32,33)/t24-/m0/s1. The molecule has 0 spiro atoms. The van der Waals surface area contributed by atoms with E-state index < -0.39 is 10.0 Å². The first-order chi connectivity index (χ1) is 18.8. The van der Waals surface area contributed by atoms with Crippen LogP contribution >= 0.6 is 0 Å². The molecule has 4 N–H and O–H groups in total. The minimum absolute atomic E-state index is 0.0000750. The van der Waals surface area contributed by atoms with Gasteiger partial charge in [0.1, 0.15) is 11.5 Å². The fourth-order valence-corrected chi connectivity index (χ4v) is 5.29. The fraction of sp³-hybridized carbons (Fsp3) is 0.222. The Hall–Kier alpha value is -4.42. The van der Waals surface area contributed by atoms with E-state index in [4.69, 9.17) is 9.47 Å². The predicted molar refractivity (Wildman–Crippen MR) is 149 cm³/mol. The molecule has 1 saturated heterocycles. The van der Waals surface area contributed by atoms with E-state index in [1.165, 1.54) is 26.4 Å². The molecule has 1 aromatic heterocycles. The van der Waals surface area contributed by atoms with E-state index in [1.54, 1.807) is 48.5 Å². The smallest absolute Gasteiger partial charge is 0.263 e. The van der Waals surface area contributed by atoms with Crippen molar-refractivity contribution in [1.29, 1.82) is 0 Å². The zero-order chi connectivity index (χ0) is 27.4. The molecule has 3 aromatic carbocycles. The lowest BCUT2D eigenvalue weighted by atomic mass is 10.2. The minimum Gasteiger partial charge on any atom is -0.497 e. The maximum atomic E-state index is 13.5.